The minimum atomic E-state index is 0.368. The van der Waals surface area contributed by atoms with Crippen molar-refractivity contribution in [2.45, 2.75) is 13.3 Å². The molecule has 14 heavy (non-hydrogen) atoms. The monoisotopic (exact) mass is 253 g/mol. The number of aromatic nitrogens is 3. The van der Waals surface area contributed by atoms with E-state index in [2.05, 4.69) is 30.9 Å². The summed E-state index contributed by atoms with van der Waals surface area (Å²) in [4.78, 5) is 21.8. The molecule has 4 nitrogen and oxygen atoms in total. The molecule has 0 spiro atoms. The third-order valence-corrected chi connectivity index (χ3v) is 2.69. The third kappa shape index (κ3) is 1.43. The van der Waals surface area contributed by atoms with Crippen molar-refractivity contribution in [1.82, 2.24) is 15.0 Å². The average Bonchev–Trinajstić information content (AvgIpc) is 2.43. The smallest absolute Gasteiger partial charge is 0.142 e. The molecule has 0 atom stereocenters. The molecule has 0 aromatic carbocycles. The first-order valence-corrected chi connectivity index (χ1v) is 4.95. The number of rotatable bonds is 2. The predicted octanol–water partition coefficient (Wildman–Crippen LogP) is 1.77. The van der Waals surface area contributed by atoms with Crippen LogP contribution < -0.4 is 0 Å². The van der Waals surface area contributed by atoms with Crippen LogP contribution in [0.4, 0.5) is 0 Å². The second kappa shape index (κ2) is 3.49. The number of aryl methyl sites for hydroxylation is 1. The zero-order valence-electron chi connectivity index (χ0n) is 7.54. The van der Waals surface area contributed by atoms with Gasteiger partial charge < -0.3 is 9.78 Å². The highest BCUT2D eigenvalue weighted by molar-refractivity contribution is 9.10. The first-order chi connectivity index (χ1) is 6.72. The number of hydrogen-bond donors (Lipinski definition) is 1. The van der Waals surface area contributed by atoms with E-state index in [4.69, 9.17) is 0 Å². The molecule has 0 aliphatic carbocycles. The Morgan fingerprint density at radius 3 is 3.14 bits per heavy atom. The fraction of sp³-hybridized carbons (Fsp3) is 0.222. The van der Waals surface area contributed by atoms with E-state index >= 15 is 0 Å². The molecule has 0 unspecified atom stereocenters. The number of aromatic amines is 1. The number of halogens is 1. The van der Waals surface area contributed by atoms with E-state index in [1.54, 1.807) is 6.20 Å². The lowest BCUT2D eigenvalue weighted by Crippen LogP contribution is -1.88. The second-order valence-corrected chi connectivity index (χ2v) is 3.76. The van der Waals surface area contributed by atoms with E-state index in [1.165, 1.54) is 0 Å². The summed E-state index contributed by atoms with van der Waals surface area (Å²) in [7, 11) is 0. The summed E-state index contributed by atoms with van der Waals surface area (Å²) < 4.78 is 0.805. The third-order valence-electron chi connectivity index (χ3n) is 2.01. The van der Waals surface area contributed by atoms with Crippen molar-refractivity contribution < 1.29 is 4.79 Å². The van der Waals surface area contributed by atoms with Crippen LogP contribution >= 0.6 is 15.9 Å². The van der Waals surface area contributed by atoms with Gasteiger partial charge in [0.1, 0.15) is 17.8 Å². The van der Waals surface area contributed by atoms with Crippen molar-refractivity contribution in [3.05, 3.63) is 22.2 Å². The van der Waals surface area contributed by atoms with Gasteiger partial charge in [-0.1, -0.05) is 0 Å². The molecule has 0 aliphatic heterocycles. The molecule has 0 aliphatic rings. The van der Waals surface area contributed by atoms with Gasteiger partial charge in [-0.2, -0.15) is 0 Å². The molecule has 1 N–H and O–H groups in total. The zero-order chi connectivity index (χ0) is 10.1. The first kappa shape index (κ1) is 9.33. The van der Waals surface area contributed by atoms with Crippen LogP contribution in [0.5, 0.6) is 0 Å². The van der Waals surface area contributed by atoms with Gasteiger partial charge in [-0.05, 0) is 22.9 Å². The highest BCUT2D eigenvalue weighted by atomic mass is 79.9. The standard InChI is InChI=1S/C9H8BrN3O/c1-5-11-4-7-6(2-3-14)8(10)13-9(7)12-5/h3-4H,2H2,1H3,(H,11,12,13). The van der Waals surface area contributed by atoms with Crippen molar-refractivity contribution in [2.24, 2.45) is 0 Å². The van der Waals surface area contributed by atoms with Gasteiger partial charge in [-0.3, -0.25) is 0 Å². The maximum absolute atomic E-state index is 10.5. The minimum Gasteiger partial charge on any atom is -0.334 e. The molecule has 0 radical (unpaired) electrons. The van der Waals surface area contributed by atoms with Crippen LogP contribution in [0.15, 0.2) is 10.8 Å². The lowest BCUT2D eigenvalue weighted by atomic mass is 10.2. The summed E-state index contributed by atoms with van der Waals surface area (Å²) in [5.74, 6) is 0.712. The normalized spacial score (nSPS) is 10.7. The van der Waals surface area contributed by atoms with Gasteiger partial charge in [0.15, 0.2) is 0 Å². The average molecular weight is 254 g/mol. The Morgan fingerprint density at radius 1 is 1.64 bits per heavy atom. The molecule has 0 bridgehead atoms. The molecule has 0 saturated heterocycles. The SMILES string of the molecule is Cc1ncc2c(CC=O)c(Br)[nH]c2n1. The quantitative estimate of drug-likeness (QED) is 0.831. The van der Waals surface area contributed by atoms with Crippen molar-refractivity contribution in [3.8, 4) is 0 Å². The molecule has 0 amide bonds. The maximum Gasteiger partial charge on any atom is 0.142 e. The number of nitrogens with one attached hydrogen (secondary N) is 1. The molecule has 2 aromatic rings. The van der Waals surface area contributed by atoms with Gasteiger partial charge >= 0.3 is 0 Å². The highest BCUT2D eigenvalue weighted by Gasteiger charge is 2.10. The molecule has 72 valence electrons. The van der Waals surface area contributed by atoms with Crippen LogP contribution in [0.25, 0.3) is 11.0 Å². The van der Waals surface area contributed by atoms with Crippen molar-refractivity contribution in [2.75, 3.05) is 0 Å². The Labute approximate surface area is 88.9 Å². The van der Waals surface area contributed by atoms with Gasteiger partial charge in [-0.25, -0.2) is 9.97 Å². The van der Waals surface area contributed by atoms with Crippen LogP contribution in [-0.4, -0.2) is 21.2 Å². The summed E-state index contributed by atoms with van der Waals surface area (Å²) in [5, 5.41) is 0.898. The van der Waals surface area contributed by atoms with E-state index < -0.39 is 0 Å². The molecule has 0 saturated carbocycles. The van der Waals surface area contributed by atoms with Crippen LogP contribution in [0.2, 0.25) is 0 Å². The second-order valence-electron chi connectivity index (χ2n) is 2.97. The fourth-order valence-electron chi connectivity index (χ4n) is 1.37. The van der Waals surface area contributed by atoms with E-state index in [0.717, 1.165) is 27.5 Å². The largest absolute Gasteiger partial charge is 0.334 e. The number of fused-ring (bicyclic) bond motifs is 1. The van der Waals surface area contributed by atoms with Gasteiger partial charge in [0.25, 0.3) is 0 Å². The Hall–Kier alpha value is -1.23. The zero-order valence-corrected chi connectivity index (χ0v) is 9.13. The number of H-pyrrole nitrogens is 1. The van der Waals surface area contributed by atoms with E-state index in [9.17, 15) is 4.79 Å². The summed E-state index contributed by atoms with van der Waals surface area (Å²) in [6.07, 6.45) is 2.97. The number of aldehydes is 1. The molecule has 2 heterocycles. The van der Waals surface area contributed by atoms with Crippen LogP contribution in [0, 0.1) is 6.92 Å². The first-order valence-electron chi connectivity index (χ1n) is 4.15. The van der Waals surface area contributed by atoms with Gasteiger partial charge in [0.2, 0.25) is 0 Å². The number of hydrogen-bond acceptors (Lipinski definition) is 3. The lowest BCUT2D eigenvalue weighted by Gasteiger charge is -1.93. The maximum atomic E-state index is 10.5. The van der Waals surface area contributed by atoms with Crippen LogP contribution in [0.3, 0.4) is 0 Å². The molecular formula is C9H8BrN3O. The Bertz CT molecular complexity index is 492. The highest BCUT2D eigenvalue weighted by Crippen LogP contribution is 2.24. The summed E-state index contributed by atoms with van der Waals surface area (Å²) >= 11 is 3.35. The summed E-state index contributed by atoms with van der Waals surface area (Å²) in [6.45, 7) is 1.83. The summed E-state index contributed by atoms with van der Waals surface area (Å²) in [5.41, 5.74) is 1.68. The van der Waals surface area contributed by atoms with Crippen LogP contribution in [-0.2, 0) is 11.2 Å². The molecular weight excluding hydrogens is 246 g/mol. The number of carbonyl (C=O) groups excluding carboxylic acids is 1. The molecule has 2 rings (SSSR count). The minimum absolute atomic E-state index is 0.368. The Balaban J connectivity index is 2.70. The fourth-order valence-corrected chi connectivity index (χ4v) is 1.93. The number of nitrogens with zero attached hydrogens (tertiary/aromatic N) is 2. The van der Waals surface area contributed by atoms with E-state index in [1.807, 2.05) is 6.92 Å². The van der Waals surface area contributed by atoms with Crippen LogP contribution in [0.1, 0.15) is 11.4 Å². The molecule has 0 fully saturated rings. The summed E-state index contributed by atoms with van der Waals surface area (Å²) in [6, 6.07) is 0. The number of carbonyl (C=O) groups is 1. The Kier molecular flexibility index (Phi) is 2.33. The van der Waals surface area contributed by atoms with E-state index in [-0.39, 0.29) is 0 Å². The van der Waals surface area contributed by atoms with Crippen molar-refractivity contribution >= 4 is 33.2 Å². The van der Waals surface area contributed by atoms with Gasteiger partial charge in [0.05, 0.1) is 4.60 Å². The Morgan fingerprint density at radius 2 is 2.43 bits per heavy atom. The van der Waals surface area contributed by atoms with E-state index in [0.29, 0.717) is 12.2 Å². The van der Waals surface area contributed by atoms with Crippen molar-refractivity contribution in [3.63, 3.8) is 0 Å². The van der Waals surface area contributed by atoms with Crippen molar-refractivity contribution in [1.29, 1.82) is 0 Å². The van der Waals surface area contributed by atoms with Gasteiger partial charge in [0, 0.05) is 23.6 Å². The predicted molar refractivity (Wildman–Crippen MR) is 56.1 cm³/mol. The lowest BCUT2D eigenvalue weighted by molar-refractivity contribution is -0.107. The topological polar surface area (TPSA) is 58.6 Å². The molecule has 2 aromatic heterocycles. The van der Waals surface area contributed by atoms with Gasteiger partial charge in [-0.15, -0.1) is 0 Å². The molecule has 5 heteroatoms.